The van der Waals surface area contributed by atoms with Crippen LogP contribution in [-0.2, 0) is 4.74 Å². The van der Waals surface area contributed by atoms with Crippen molar-refractivity contribution < 1.29 is 19.1 Å². The van der Waals surface area contributed by atoms with Crippen LogP contribution in [-0.4, -0.2) is 47.7 Å². The minimum atomic E-state index is -0.505. The first kappa shape index (κ1) is 21.8. The number of hydrogen-bond donors (Lipinski definition) is 1. The lowest BCUT2D eigenvalue weighted by Crippen LogP contribution is -2.40. The highest BCUT2D eigenvalue weighted by Gasteiger charge is 2.27. The number of rotatable bonds is 7. The predicted octanol–water partition coefficient (Wildman–Crippen LogP) is 4.32. The van der Waals surface area contributed by atoms with Crippen molar-refractivity contribution in [2.24, 2.45) is 5.92 Å². The first-order valence-electron chi connectivity index (χ1n) is 10.6. The number of carbonyl (C=O) groups is 3. The van der Waals surface area contributed by atoms with E-state index in [4.69, 9.17) is 4.74 Å². The number of amides is 1. The van der Waals surface area contributed by atoms with Crippen LogP contribution in [0.15, 0.2) is 30.3 Å². The van der Waals surface area contributed by atoms with Crippen LogP contribution in [0.1, 0.15) is 74.6 Å². The summed E-state index contributed by atoms with van der Waals surface area (Å²) >= 11 is 0. The van der Waals surface area contributed by atoms with Gasteiger partial charge in [-0.1, -0.05) is 37.5 Å². The van der Waals surface area contributed by atoms with E-state index in [2.05, 4.69) is 4.98 Å². The Kier molecular flexibility index (Phi) is 7.08. The molecule has 1 N–H and O–H groups in total. The molecule has 1 aliphatic carbocycles. The van der Waals surface area contributed by atoms with Crippen molar-refractivity contribution in [2.45, 2.75) is 46.0 Å². The molecule has 0 atom stereocenters. The van der Waals surface area contributed by atoms with E-state index in [-0.39, 0.29) is 23.9 Å². The monoisotopic (exact) mass is 410 g/mol. The summed E-state index contributed by atoms with van der Waals surface area (Å²) in [5.41, 5.74) is 2.51. The van der Waals surface area contributed by atoms with Gasteiger partial charge in [0.25, 0.3) is 5.91 Å². The zero-order valence-corrected chi connectivity index (χ0v) is 18.0. The molecule has 160 valence electrons. The van der Waals surface area contributed by atoms with Gasteiger partial charge >= 0.3 is 5.97 Å². The molecule has 1 saturated carbocycles. The number of H-pyrrole nitrogens is 1. The second-order valence-corrected chi connectivity index (χ2v) is 8.10. The molecule has 30 heavy (non-hydrogen) atoms. The third kappa shape index (κ3) is 4.81. The van der Waals surface area contributed by atoms with Gasteiger partial charge in [0.15, 0.2) is 5.78 Å². The lowest BCUT2D eigenvalue weighted by atomic mass is 9.88. The Balaban J connectivity index is 1.85. The van der Waals surface area contributed by atoms with Crippen molar-refractivity contribution in [3.8, 4) is 0 Å². The number of aromatic amines is 1. The van der Waals surface area contributed by atoms with E-state index in [0.29, 0.717) is 34.8 Å². The second-order valence-electron chi connectivity index (χ2n) is 8.10. The van der Waals surface area contributed by atoms with Gasteiger partial charge in [0.1, 0.15) is 5.69 Å². The Morgan fingerprint density at radius 3 is 2.37 bits per heavy atom. The highest BCUT2D eigenvalue weighted by atomic mass is 16.5. The topological polar surface area (TPSA) is 79.5 Å². The van der Waals surface area contributed by atoms with E-state index in [1.54, 1.807) is 30.9 Å². The smallest absolute Gasteiger partial charge is 0.354 e. The molecular formula is C24H30N2O4. The molecule has 0 bridgehead atoms. The number of ketones is 1. The average molecular weight is 411 g/mol. The maximum Gasteiger partial charge on any atom is 0.354 e. The first-order chi connectivity index (χ1) is 14.4. The van der Waals surface area contributed by atoms with Crippen molar-refractivity contribution in [3.05, 3.63) is 58.4 Å². The van der Waals surface area contributed by atoms with Crippen molar-refractivity contribution in [1.29, 1.82) is 0 Å². The van der Waals surface area contributed by atoms with Crippen molar-refractivity contribution in [1.82, 2.24) is 9.88 Å². The normalized spacial score (nSPS) is 14.4. The number of methoxy groups -OCH3 is 1. The molecule has 1 aromatic heterocycles. The molecule has 0 aliphatic heterocycles. The number of nitrogens with one attached hydrogen (secondary N) is 1. The number of ether oxygens (including phenoxy) is 1. The summed E-state index contributed by atoms with van der Waals surface area (Å²) < 4.78 is 4.80. The number of carbonyl (C=O) groups excluding carboxylic acids is 3. The van der Waals surface area contributed by atoms with E-state index in [1.807, 2.05) is 18.2 Å². The molecule has 1 aromatic carbocycles. The number of aryl methyl sites for hydroxylation is 1. The number of Topliss-reactive ketones (excluding diaryl/α,β-unsaturated/α-hetero) is 1. The molecule has 1 aliphatic rings. The van der Waals surface area contributed by atoms with Crippen LogP contribution in [0.2, 0.25) is 0 Å². The van der Waals surface area contributed by atoms with Crippen LogP contribution in [0, 0.1) is 19.8 Å². The molecule has 3 rings (SSSR count). The number of nitrogens with zero attached hydrogens (tertiary/aromatic N) is 1. The van der Waals surface area contributed by atoms with Crippen molar-refractivity contribution in [2.75, 3.05) is 20.2 Å². The number of aromatic nitrogens is 1. The lowest BCUT2D eigenvalue weighted by molar-refractivity contribution is 0.0593. The number of esters is 1. The largest absolute Gasteiger partial charge is 0.464 e. The maximum atomic E-state index is 13.2. The maximum absolute atomic E-state index is 13.2. The van der Waals surface area contributed by atoms with E-state index < -0.39 is 5.97 Å². The van der Waals surface area contributed by atoms with Crippen molar-refractivity contribution in [3.63, 3.8) is 0 Å². The molecule has 6 heteroatoms. The van der Waals surface area contributed by atoms with Gasteiger partial charge in [-0.05, 0) is 50.3 Å². The summed E-state index contributed by atoms with van der Waals surface area (Å²) in [6, 6.07) is 9.09. The fourth-order valence-electron chi connectivity index (χ4n) is 4.39. The Bertz CT molecular complexity index is 911. The lowest BCUT2D eigenvalue weighted by Gasteiger charge is -2.29. The van der Waals surface area contributed by atoms with Gasteiger partial charge in [-0.15, -0.1) is 0 Å². The Morgan fingerprint density at radius 2 is 1.73 bits per heavy atom. The van der Waals surface area contributed by atoms with Gasteiger partial charge in [-0.2, -0.15) is 0 Å². The van der Waals surface area contributed by atoms with E-state index >= 15 is 0 Å². The Hall–Kier alpha value is -2.89. The van der Waals surface area contributed by atoms with Crippen molar-refractivity contribution >= 4 is 17.7 Å². The van der Waals surface area contributed by atoms with Crippen LogP contribution >= 0.6 is 0 Å². The molecular weight excluding hydrogens is 380 g/mol. The summed E-state index contributed by atoms with van der Waals surface area (Å²) in [6.07, 6.45) is 5.75. The molecule has 0 spiro atoms. The third-order valence-electron chi connectivity index (χ3n) is 5.95. The molecule has 1 amide bonds. The summed E-state index contributed by atoms with van der Waals surface area (Å²) in [7, 11) is 1.31. The quantitative estimate of drug-likeness (QED) is 0.544. The Labute approximate surface area is 177 Å². The molecule has 0 saturated heterocycles. The first-order valence-corrected chi connectivity index (χ1v) is 10.6. The van der Waals surface area contributed by atoms with Gasteiger partial charge in [0, 0.05) is 23.4 Å². The number of hydrogen-bond acceptors (Lipinski definition) is 4. The molecule has 6 nitrogen and oxygen atoms in total. The minimum Gasteiger partial charge on any atom is -0.464 e. The molecule has 1 heterocycles. The van der Waals surface area contributed by atoms with E-state index in [1.165, 1.54) is 26.4 Å². The molecule has 2 aromatic rings. The SMILES string of the molecule is COC(=O)c1[nH]c(C)c(C(=O)CN(CC2CCCCC2)C(=O)c2ccccc2)c1C. The second kappa shape index (κ2) is 9.74. The minimum absolute atomic E-state index is 0.00955. The standard InChI is InChI=1S/C24H30N2O4/c1-16-21(17(2)25-22(16)24(29)30-3)20(27)15-26(14-18-10-6-4-7-11-18)23(28)19-12-8-5-9-13-19/h5,8-9,12-13,18,25H,4,6-7,10-11,14-15H2,1-3H3. The number of benzene rings is 1. The van der Waals surface area contributed by atoms with Gasteiger partial charge in [0.2, 0.25) is 0 Å². The van der Waals surface area contributed by atoms with E-state index in [0.717, 1.165) is 12.8 Å². The summed E-state index contributed by atoms with van der Waals surface area (Å²) in [6.45, 7) is 4.06. The Morgan fingerprint density at radius 1 is 1.07 bits per heavy atom. The highest BCUT2D eigenvalue weighted by Crippen LogP contribution is 2.26. The fourth-order valence-corrected chi connectivity index (χ4v) is 4.39. The molecule has 0 radical (unpaired) electrons. The summed E-state index contributed by atoms with van der Waals surface area (Å²) in [4.78, 5) is 43.0. The van der Waals surface area contributed by atoms with Crippen LogP contribution < -0.4 is 0 Å². The van der Waals surface area contributed by atoms with E-state index in [9.17, 15) is 14.4 Å². The fraction of sp³-hybridized carbons (Fsp3) is 0.458. The molecule has 0 unspecified atom stereocenters. The van der Waals surface area contributed by atoms with Gasteiger partial charge < -0.3 is 14.6 Å². The molecule has 1 fully saturated rings. The van der Waals surface area contributed by atoms with Crippen LogP contribution in [0.3, 0.4) is 0 Å². The van der Waals surface area contributed by atoms with Gasteiger partial charge in [0.05, 0.1) is 13.7 Å². The van der Waals surface area contributed by atoms with Gasteiger partial charge in [-0.3, -0.25) is 9.59 Å². The summed E-state index contributed by atoms with van der Waals surface area (Å²) in [5.74, 6) is -0.391. The van der Waals surface area contributed by atoms with Crippen LogP contribution in [0.4, 0.5) is 0 Å². The summed E-state index contributed by atoms with van der Waals surface area (Å²) in [5, 5.41) is 0. The third-order valence-corrected chi connectivity index (χ3v) is 5.95. The highest BCUT2D eigenvalue weighted by molar-refractivity contribution is 6.05. The van der Waals surface area contributed by atoms with Gasteiger partial charge in [-0.25, -0.2) is 4.79 Å². The zero-order valence-electron chi connectivity index (χ0n) is 18.0. The van der Waals surface area contributed by atoms with Crippen LogP contribution in [0.5, 0.6) is 0 Å². The zero-order chi connectivity index (χ0) is 21.7. The predicted molar refractivity (Wildman–Crippen MR) is 115 cm³/mol. The average Bonchev–Trinajstić information content (AvgIpc) is 3.07. The van der Waals surface area contributed by atoms with Crippen LogP contribution in [0.25, 0.3) is 0 Å².